The number of Topliss-reactive ketones (excluding diaryl/α,β-unsaturated/α-hetero) is 1. The summed E-state index contributed by atoms with van der Waals surface area (Å²) < 4.78 is 16.5. The first-order chi connectivity index (χ1) is 13.4. The summed E-state index contributed by atoms with van der Waals surface area (Å²) in [6.45, 7) is 2.37. The molecule has 0 spiro atoms. The Bertz CT molecular complexity index is 910. The van der Waals surface area contributed by atoms with E-state index in [0.29, 0.717) is 39.8 Å². The number of halogens is 1. The van der Waals surface area contributed by atoms with Crippen molar-refractivity contribution in [1.29, 1.82) is 0 Å². The van der Waals surface area contributed by atoms with Crippen LogP contribution in [-0.2, 0) is 14.3 Å². The number of ether oxygens (including phenoxy) is 3. The van der Waals surface area contributed by atoms with Gasteiger partial charge in [0.1, 0.15) is 13.2 Å². The van der Waals surface area contributed by atoms with E-state index < -0.39 is 18.5 Å². The molecule has 0 radical (unpaired) electrons. The Kier molecular flexibility index (Phi) is 6.69. The second-order valence-electron chi connectivity index (χ2n) is 6.02. The number of hydrogen-bond acceptors (Lipinski definition) is 7. The second-order valence-corrected chi connectivity index (χ2v) is 8.16. The smallest absolute Gasteiger partial charge is 0.306 e. The lowest BCUT2D eigenvalue weighted by Crippen LogP contribution is -2.22. The number of carbonyl (C=O) groups is 3. The topological polar surface area (TPSA) is 90.9 Å². The lowest BCUT2D eigenvalue weighted by Gasteiger charge is -2.20. The van der Waals surface area contributed by atoms with Crippen molar-refractivity contribution >= 4 is 50.6 Å². The van der Waals surface area contributed by atoms with Crippen molar-refractivity contribution in [3.8, 4) is 11.5 Å². The van der Waals surface area contributed by atoms with Crippen molar-refractivity contribution in [1.82, 2.24) is 0 Å². The summed E-state index contributed by atoms with van der Waals surface area (Å²) >= 11 is 4.74. The third kappa shape index (κ3) is 5.32. The molecule has 0 atom stereocenters. The molecule has 3 rings (SSSR count). The van der Waals surface area contributed by atoms with Crippen molar-refractivity contribution < 1.29 is 28.6 Å². The van der Waals surface area contributed by atoms with Gasteiger partial charge in [0.05, 0.1) is 17.0 Å². The van der Waals surface area contributed by atoms with Crippen LogP contribution in [-0.4, -0.2) is 37.5 Å². The van der Waals surface area contributed by atoms with Gasteiger partial charge < -0.3 is 19.5 Å². The zero-order valence-electron chi connectivity index (χ0n) is 15.1. The van der Waals surface area contributed by atoms with Gasteiger partial charge in [-0.15, -0.1) is 11.3 Å². The Morgan fingerprint density at radius 2 is 1.86 bits per heavy atom. The van der Waals surface area contributed by atoms with Crippen LogP contribution in [0.4, 0.5) is 5.69 Å². The largest absolute Gasteiger partial charge is 0.486 e. The molecule has 1 aliphatic heterocycles. The van der Waals surface area contributed by atoms with Gasteiger partial charge in [-0.1, -0.05) is 0 Å². The van der Waals surface area contributed by atoms with Gasteiger partial charge >= 0.3 is 5.97 Å². The molecule has 0 bridgehead atoms. The molecular weight excluding hydrogens is 450 g/mol. The number of benzene rings is 1. The first-order valence-corrected chi connectivity index (χ1v) is 10.2. The molecule has 0 unspecified atom stereocenters. The number of nitrogens with one attached hydrogen (secondary N) is 1. The Labute approximate surface area is 174 Å². The summed E-state index contributed by atoms with van der Waals surface area (Å²) in [5.41, 5.74) is 0.480. The first kappa shape index (κ1) is 20.3. The summed E-state index contributed by atoms with van der Waals surface area (Å²) in [6.07, 6.45) is -0.0229. The minimum Gasteiger partial charge on any atom is -0.486 e. The lowest BCUT2D eigenvalue weighted by atomic mass is 10.2. The number of esters is 1. The number of aryl methyl sites for hydroxylation is 1. The molecule has 28 heavy (non-hydrogen) atoms. The van der Waals surface area contributed by atoms with Gasteiger partial charge in [0.25, 0.3) is 5.91 Å². The van der Waals surface area contributed by atoms with Crippen molar-refractivity contribution in [3.63, 3.8) is 0 Å². The second kappa shape index (κ2) is 9.20. The third-order valence-electron chi connectivity index (χ3n) is 3.84. The normalized spacial score (nSPS) is 12.4. The number of fused-ring (bicyclic) bond motifs is 1. The minimum atomic E-state index is -0.599. The van der Waals surface area contributed by atoms with Crippen LogP contribution >= 0.6 is 27.3 Å². The van der Waals surface area contributed by atoms with Crippen LogP contribution in [0.1, 0.15) is 27.4 Å². The van der Waals surface area contributed by atoms with Crippen LogP contribution in [0.5, 0.6) is 11.5 Å². The molecule has 1 N–H and O–H groups in total. The molecule has 0 fully saturated rings. The molecule has 1 amide bonds. The molecule has 0 saturated carbocycles. The van der Waals surface area contributed by atoms with Gasteiger partial charge in [-0.05, 0) is 35.0 Å². The van der Waals surface area contributed by atoms with E-state index in [2.05, 4.69) is 21.2 Å². The predicted octanol–water partition coefficient (Wildman–Crippen LogP) is 3.74. The van der Waals surface area contributed by atoms with Crippen LogP contribution in [0.15, 0.2) is 28.7 Å². The van der Waals surface area contributed by atoms with Gasteiger partial charge in [-0.2, -0.15) is 0 Å². The van der Waals surface area contributed by atoms with E-state index in [1.165, 1.54) is 11.3 Å². The predicted molar refractivity (Wildman–Crippen MR) is 107 cm³/mol. The molecule has 7 nitrogen and oxygen atoms in total. The molecule has 9 heteroatoms. The maximum absolute atomic E-state index is 12.1. The molecule has 1 aromatic carbocycles. The lowest BCUT2D eigenvalue weighted by molar-refractivity contribution is -0.147. The van der Waals surface area contributed by atoms with E-state index in [1.807, 2.05) is 13.0 Å². The van der Waals surface area contributed by atoms with Crippen molar-refractivity contribution in [2.75, 3.05) is 25.1 Å². The molecular formula is C19H18BrNO6S. The van der Waals surface area contributed by atoms with E-state index in [9.17, 15) is 14.4 Å². The average Bonchev–Trinajstić information content (AvgIpc) is 3.11. The van der Waals surface area contributed by atoms with Crippen LogP contribution in [0.25, 0.3) is 0 Å². The van der Waals surface area contributed by atoms with Gasteiger partial charge in [0, 0.05) is 27.9 Å². The first-order valence-electron chi connectivity index (χ1n) is 8.56. The summed E-state index contributed by atoms with van der Waals surface area (Å²) in [7, 11) is 0. The highest BCUT2D eigenvalue weighted by atomic mass is 79.9. The Hall–Kier alpha value is -2.39. The highest BCUT2D eigenvalue weighted by Crippen LogP contribution is 2.38. The van der Waals surface area contributed by atoms with Gasteiger partial charge in [0.2, 0.25) is 0 Å². The van der Waals surface area contributed by atoms with Crippen LogP contribution < -0.4 is 14.8 Å². The Morgan fingerprint density at radius 3 is 2.54 bits per heavy atom. The number of carbonyl (C=O) groups excluding carboxylic acids is 3. The molecule has 1 aromatic heterocycles. The van der Waals surface area contributed by atoms with E-state index in [4.69, 9.17) is 14.2 Å². The van der Waals surface area contributed by atoms with Crippen LogP contribution in [0.3, 0.4) is 0 Å². The standard InChI is InChI=1S/C19H18BrNO6S/c1-11-2-4-17(28-11)14(22)3-5-19(24)27-10-18(23)21-13-9-16-15(8-12(13)20)25-6-7-26-16/h2,4,8-9H,3,5-7,10H2,1H3,(H,21,23). The average molecular weight is 468 g/mol. The van der Waals surface area contributed by atoms with Crippen molar-refractivity contribution in [2.45, 2.75) is 19.8 Å². The van der Waals surface area contributed by atoms with Crippen molar-refractivity contribution in [3.05, 3.63) is 38.5 Å². The maximum atomic E-state index is 12.1. The molecule has 0 aliphatic carbocycles. The number of anilines is 1. The van der Waals surface area contributed by atoms with E-state index >= 15 is 0 Å². The fraction of sp³-hybridized carbons (Fsp3) is 0.316. The molecule has 1 aliphatic rings. The van der Waals surface area contributed by atoms with Crippen molar-refractivity contribution in [2.24, 2.45) is 0 Å². The van der Waals surface area contributed by atoms with Gasteiger partial charge in [-0.3, -0.25) is 14.4 Å². The highest BCUT2D eigenvalue weighted by Gasteiger charge is 2.17. The molecule has 2 heterocycles. The SMILES string of the molecule is Cc1ccc(C(=O)CCC(=O)OCC(=O)Nc2cc3c(cc2Br)OCCO3)s1. The molecule has 0 saturated heterocycles. The maximum Gasteiger partial charge on any atom is 0.306 e. The monoisotopic (exact) mass is 467 g/mol. The Balaban J connectivity index is 1.45. The molecule has 2 aromatic rings. The summed E-state index contributed by atoms with van der Waals surface area (Å²) in [4.78, 5) is 37.5. The summed E-state index contributed by atoms with van der Waals surface area (Å²) in [6, 6.07) is 6.94. The number of hydrogen-bond donors (Lipinski definition) is 1. The van der Waals surface area contributed by atoms with E-state index in [0.717, 1.165) is 4.88 Å². The zero-order valence-corrected chi connectivity index (χ0v) is 17.5. The third-order valence-corrected chi connectivity index (χ3v) is 5.54. The zero-order chi connectivity index (χ0) is 20.1. The fourth-order valence-corrected chi connectivity index (χ4v) is 3.74. The van der Waals surface area contributed by atoms with Gasteiger partial charge in [-0.25, -0.2) is 0 Å². The highest BCUT2D eigenvalue weighted by molar-refractivity contribution is 9.10. The van der Waals surface area contributed by atoms with E-state index in [1.54, 1.807) is 18.2 Å². The fourth-order valence-electron chi connectivity index (χ4n) is 2.49. The number of ketones is 1. The minimum absolute atomic E-state index is 0.0497. The van der Waals surface area contributed by atoms with Crippen LogP contribution in [0.2, 0.25) is 0 Å². The summed E-state index contributed by atoms with van der Waals surface area (Å²) in [5.74, 6) is -0.0825. The molecule has 148 valence electrons. The quantitative estimate of drug-likeness (QED) is 0.492. The number of thiophene rings is 1. The Morgan fingerprint density at radius 1 is 1.14 bits per heavy atom. The number of amides is 1. The number of rotatable bonds is 7. The van der Waals surface area contributed by atoms with Crippen LogP contribution in [0, 0.1) is 6.92 Å². The summed E-state index contributed by atoms with van der Waals surface area (Å²) in [5, 5.41) is 2.65. The van der Waals surface area contributed by atoms with Gasteiger partial charge in [0.15, 0.2) is 23.9 Å². The van der Waals surface area contributed by atoms with E-state index in [-0.39, 0.29) is 18.6 Å².